The monoisotopic (exact) mass is 315 g/mol. The Morgan fingerprint density at radius 1 is 1.36 bits per heavy atom. The normalized spacial score (nSPS) is 18.5. The fraction of sp³-hybridized carbons (Fsp3) is 0.412. The Kier molecular flexibility index (Phi) is 4.55. The van der Waals surface area contributed by atoms with Gasteiger partial charge in [-0.25, -0.2) is 4.98 Å². The van der Waals surface area contributed by atoms with Crippen LogP contribution in [0, 0.1) is 19.8 Å². The number of benzene rings is 1. The molecule has 1 unspecified atom stereocenters. The summed E-state index contributed by atoms with van der Waals surface area (Å²) in [5, 5.41) is 3.70. The minimum Gasteiger partial charge on any atom is -0.302 e. The van der Waals surface area contributed by atoms with Gasteiger partial charge in [0.15, 0.2) is 5.13 Å². The van der Waals surface area contributed by atoms with Crippen molar-refractivity contribution in [3.63, 3.8) is 0 Å². The van der Waals surface area contributed by atoms with Crippen LogP contribution in [0.25, 0.3) is 0 Å². The van der Waals surface area contributed by atoms with Crippen LogP contribution in [-0.4, -0.2) is 28.9 Å². The Labute approximate surface area is 135 Å². The molecular weight excluding hydrogens is 294 g/mol. The van der Waals surface area contributed by atoms with E-state index >= 15 is 0 Å². The van der Waals surface area contributed by atoms with Crippen molar-refractivity contribution in [1.82, 2.24) is 9.88 Å². The zero-order valence-electron chi connectivity index (χ0n) is 13.0. The molecule has 5 heteroatoms. The van der Waals surface area contributed by atoms with Crippen molar-refractivity contribution in [2.24, 2.45) is 5.92 Å². The lowest BCUT2D eigenvalue weighted by atomic mass is 10.1. The molecule has 1 aliphatic rings. The van der Waals surface area contributed by atoms with Crippen LogP contribution in [0.5, 0.6) is 0 Å². The summed E-state index contributed by atoms with van der Waals surface area (Å²) in [5.41, 5.74) is 2.30. The van der Waals surface area contributed by atoms with Crippen LogP contribution >= 0.6 is 11.3 Å². The fourth-order valence-corrected chi connectivity index (χ4v) is 3.58. The third-order valence-corrected chi connectivity index (χ3v) is 5.14. The van der Waals surface area contributed by atoms with E-state index in [1.54, 1.807) is 11.3 Å². The zero-order chi connectivity index (χ0) is 15.5. The number of hydrogen-bond donors (Lipinski definition) is 1. The van der Waals surface area contributed by atoms with Crippen molar-refractivity contribution >= 4 is 22.4 Å². The third-order valence-electron chi connectivity index (χ3n) is 4.15. The first-order valence-electron chi connectivity index (χ1n) is 7.63. The maximum Gasteiger partial charge on any atom is 0.230 e. The summed E-state index contributed by atoms with van der Waals surface area (Å²) in [6, 6.07) is 10.4. The van der Waals surface area contributed by atoms with Crippen LogP contribution in [0.4, 0.5) is 5.13 Å². The Hall–Kier alpha value is -1.72. The number of aromatic nitrogens is 1. The van der Waals surface area contributed by atoms with Gasteiger partial charge in [0.1, 0.15) is 0 Å². The van der Waals surface area contributed by atoms with Crippen LogP contribution in [0.2, 0.25) is 0 Å². The van der Waals surface area contributed by atoms with Crippen LogP contribution in [0.3, 0.4) is 0 Å². The predicted molar refractivity (Wildman–Crippen MR) is 90.0 cm³/mol. The van der Waals surface area contributed by atoms with Gasteiger partial charge < -0.3 is 5.32 Å². The lowest BCUT2D eigenvalue weighted by Gasteiger charge is -2.15. The third kappa shape index (κ3) is 3.54. The Balaban J connectivity index is 1.54. The van der Waals surface area contributed by atoms with Gasteiger partial charge >= 0.3 is 0 Å². The first-order valence-corrected chi connectivity index (χ1v) is 8.44. The predicted octanol–water partition coefficient (Wildman–Crippen LogP) is 3.22. The summed E-state index contributed by atoms with van der Waals surface area (Å²) in [4.78, 5) is 20.2. The molecule has 0 aliphatic carbocycles. The van der Waals surface area contributed by atoms with E-state index < -0.39 is 0 Å². The molecular formula is C17H21N3OS. The smallest absolute Gasteiger partial charge is 0.230 e. The summed E-state index contributed by atoms with van der Waals surface area (Å²) in [6.07, 6.45) is 0.919. The molecule has 1 saturated heterocycles. The second-order valence-corrected chi connectivity index (χ2v) is 7.06. The lowest BCUT2D eigenvalue weighted by Crippen LogP contribution is -2.26. The largest absolute Gasteiger partial charge is 0.302 e. The molecule has 22 heavy (non-hydrogen) atoms. The van der Waals surface area contributed by atoms with Crippen molar-refractivity contribution in [3.8, 4) is 0 Å². The van der Waals surface area contributed by atoms with Crippen molar-refractivity contribution in [3.05, 3.63) is 46.5 Å². The lowest BCUT2D eigenvalue weighted by molar-refractivity contribution is -0.119. The number of carbonyl (C=O) groups is 1. The molecule has 1 aromatic heterocycles. The number of nitrogens with zero attached hydrogens (tertiary/aromatic N) is 2. The molecule has 1 atom stereocenters. The molecule has 1 aromatic carbocycles. The first kappa shape index (κ1) is 15.2. The second-order valence-electron chi connectivity index (χ2n) is 5.86. The molecule has 2 aromatic rings. The molecule has 1 amide bonds. The molecule has 1 fully saturated rings. The van der Waals surface area contributed by atoms with Crippen molar-refractivity contribution < 1.29 is 4.79 Å². The Morgan fingerprint density at radius 2 is 2.14 bits per heavy atom. The highest BCUT2D eigenvalue weighted by atomic mass is 32.1. The second kappa shape index (κ2) is 6.58. The van der Waals surface area contributed by atoms with E-state index in [-0.39, 0.29) is 11.8 Å². The Bertz CT molecular complexity index is 634. The van der Waals surface area contributed by atoms with Gasteiger partial charge in [-0.05, 0) is 32.4 Å². The van der Waals surface area contributed by atoms with Gasteiger partial charge in [-0.3, -0.25) is 9.69 Å². The van der Waals surface area contributed by atoms with Crippen molar-refractivity contribution in [1.29, 1.82) is 0 Å². The van der Waals surface area contributed by atoms with Crippen LogP contribution in [0.15, 0.2) is 30.3 Å². The number of aryl methyl sites for hydroxylation is 2. The van der Waals surface area contributed by atoms with E-state index in [0.29, 0.717) is 0 Å². The number of amides is 1. The van der Waals surface area contributed by atoms with E-state index in [1.807, 2.05) is 19.9 Å². The van der Waals surface area contributed by atoms with Gasteiger partial charge in [-0.2, -0.15) is 0 Å². The van der Waals surface area contributed by atoms with Gasteiger partial charge in [0.05, 0.1) is 11.6 Å². The van der Waals surface area contributed by atoms with Gasteiger partial charge in [0, 0.05) is 18.0 Å². The Morgan fingerprint density at radius 3 is 2.82 bits per heavy atom. The summed E-state index contributed by atoms with van der Waals surface area (Å²) >= 11 is 1.55. The summed E-state index contributed by atoms with van der Waals surface area (Å²) in [5.74, 6) is 0.164. The molecule has 116 valence electrons. The maximum atomic E-state index is 12.4. The highest BCUT2D eigenvalue weighted by molar-refractivity contribution is 7.15. The zero-order valence-corrected chi connectivity index (χ0v) is 13.8. The van der Waals surface area contributed by atoms with Gasteiger partial charge in [-0.15, -0.1) is 11.3 Å². The highest BCUT2D eigenvalue weighted by Gasteiger charge is 2.28. The number of rotatable bonds is 4. The summed E-state index contributed by atoms with van der Waals surface area (Å²) < 4.78 is 0. The average molecular weight is 315 g/mol. The van der Waals surface area contributed by atoms with E-state index in [1.165, 1.54) is 5.56 Å². The number of likely N-dealkylation sites (tertiary alicyclic amines) is 1. The SMILES string of the molecule is Cc1nc(NC(=O)C2CCN(Cc3ccccc3)C2)sc1C. The van der Waals surface area contributed by atoms with Gasteiger partial charge in [0.2, 0.25) is 5.91 Å². The topological polar surface area (TPSA) is 45.2 Å². The van der Waals surface area contributed by atoms with Crippen LogP contribution in [-0.2, 0) is 11.3 Å². The number of thiazole rings is 1. The quantitative estimate of drug-likeness (QED) is 0.942. The average Bonchev–Trinajstić information content (AvgIpc) is 3.08. The highest BCUT2D eigenvalue weighted by Crippen LogP contribution is 2.24. The fourth-order valence-electron chi connectivity index (χ4n) is 2.77. The van der Waals surface area contributed by atoms with Crippen molar-refractivity contribution in [2.75, 3.05) is 18.4 Å². The van der Waals surface area contributed by atoms with Crippen molar-refractivity contribution in [2.45, 2.75) is 26.8 Å². The van der Waals surface area contributed by atoms with Crippen LogP contribution < -0.4 is 5.32 Å². The number of hydrogen-bond acceptors (Lipinski definition) is 4. The van der Waals surface area contributed by atoms with E-state index in [4.69, 9.17) is 0 Å². The van der Waals surface area contributed by atoms with E-state index in [9.17, 15) is 4.79 Å². The molecule has 0 spiro atoms. The first-order chi connectivity index (χ1) is 10.6. The minimum atomic E-state index is 0.0632. The number of anilines is 1. The van der Waals surface area contributed by atoms with Crippen LogP contribution in [0.1, 0.15) is 22.6 Å². The van der Waals surface area contributed by atoms with Gasteiger partial charge in [-0.1, -0.05) is 30.3 Å². The molecule has 4 nitrogen and oxygen atoms in total. The molecule has 1 N–H and O–H groups in total. The number of carbonyl (C=O) groups excluding carboxylic acids is 1. The maximum absolute atomic E-state index is 12.4. The number of nitrogens with one attached hydrogen (secondary N) is 1. The summed E-state index contributed by atoms with van der Waals surface area (Å²) in [7, 11) is 0. The summed E-state index contributed by atoms with van der Waals surface area (Å²) in [6.45, 7) is 6.71. The molecule has 3 rings (SSSR count). The molecule has 1 aliphatic heterocycles. The minimum absolute atomic E-state index is 0.0632. The van der Waals surface area contributed by atoms with Gasteiger partial charge in [0.25, 0.3) is 0 Å². The molecule has 0 saturated carbocycles. The molecule has 0 bridgehead atoms. The molecule has 2 heterocycles. The standard InChI is InChI=1S/C17H21N3OS/c1-12-13(2)22-17(18-12)19-16(21)15-8-9-20(11-15)10-14-6-4-3-5-7-14/h3-7,15H,8-11H2,1-2H3,(H,18,19,21). The van der Waals surface area contributed by atoms with E-state index in [0.717, 1.165) is 41.8 Å². The van der Waals surface area contributed by atoms with E-state index in [2.05, 4.69) is 39.5 Å². The molecule has 0 radical (unpaired) electrons.